The number of aryl methyl sites for hydroxylation is 1. The third-order valence-electron chi connectivity index (χ3n) is 3.16. The maximum absolute atomic E-state index is 11.8. The Balaban J connectivity index is 2.11. The predicted octanol–water partition coefficient (Wildman–Crippen LogP) is -0.229. The van der Waals surface area contributed by atoms with Crippen molar-refractivity contribution >= 4 is 34.1 Å². The van der Waals surface area contributed by atoms with Crippen LogP contribution in [-0.2, 0) is 22.4 Å². The largest absolute Gasteiger partial charge is 0.392 e. The molecule has 2 rings (SSSR count). The Bertz CT molecular complexity index is 594. The van der Waals surface area contributed by atoms with Gasteiger partial charge in [0.25, 0.3) is 5.91 Å². The van der Waals surface area contributed by atoms with Gasteiger partial charge in [-0.3, -0.25) is 14.4 Å². The summed E-state index contributed by atoms with van der Waals surface area (Å²) in [7, 11) is 0. The molecule has 5 N–H and O–H groups in total. The lowest BCUT2D eigenvalue weighted by molar-refractivity contribution is -0.136. The first-order chi connectivity index (χ1) is 9.90. The number of rotatable bonds is 4. The summed E-state index contributed by atoms with van der Waals surface area (Å²) in [6.07, 6.45) is 1.83. The third kappa shape index (κ3) is 3.40. The molecule has 1 aromatic rings. The Morgan fingerprint density at radius 1 is 1.33 bits per heavy atom. The lowest BCUT2D eigenvalue weighted by Crippen LogP contribution is -2.39. The van der Waals surface area contributed by atoms with Gasteiger partial charge in [-0.05, 0) is 31.7 Å². The second kappa shape index (κ2) is 6.23. The summed E-state index contributed by atoms with van der Waals surface area (Å²) in [6.45, 7) is 1.48. The number of fused-ring (bicyclic) bond motifs is 1. The van der Waals surface area contributed by atoms with Crippen LogP contribution in [-0.4, -0.2) is 35.5 Å². The fourth-order valence-corrected chi connectivity index (χ4v) is 3.52. The molecule has 3 amide bonds. The first kappa shape index (κ1) is 15.5. The standard InChI is InChI=1S/C13H17N3O4S/c1-6(17)5-15-11(19)12(20)16-13-9(10(14)18)7-3-2-4-8(7)21-13/h6,17H,2-5H2,1H3,(H2,14,18)(H,15,19)(H,16,20)/t6-/m1/s1. The van der Waals surface area contributed by atoms with Crippen LogP contribution in [0.4, 0.5) is 5.00 Å². The summed E-state index contributed by atoms with van der Waals surface area (Å²) in [4.78, 5) is 35.9. The number of aliphatic hydroxyl groups is 1. The zero-order chi connectivity index (χ0) is 15.6. The van der Waals surface area contributed by atoms with E-state index >= 15 is 0 Å². The molecular formula is C13H17N3O4S. The summed E-state index contributed by atoms with van der Waals surface area (Å²) in [5.74, 6) is -2.34. The number of carbonyl (C=O) groups is 3. The Morgan fingerprint density at radius 2 is 2.05 bits per heavy atom. The van der Waals surface area contributed by atoms with E-state index < -0.39 is 23.8 Å². The van der Waals surface area contributed by atoms with Crippen LogP contribution in [0.25, 0.3) is 0 Å². The summed E-state index contributed by atoms with van der Waals surface area (Å²) in [6, 6.07) is 0. The Hall–Kier alpha value is -1.93. The van der Waals surface area contributed by atoms with Gasteiger partial charge in [-0.25, -0.2) is 0 Å². The second-order valence-corrected chi connectivity index (χ2v) is 6.04. The topological polar surface area (TPSA) is 122 Å². The fourth-order valence-electron chi connectivity index (χ4n) is 2.23. The summed E-state index contributed by atoms with van der Waals surface area (Å²) in [5.41, 5.74) is 6.56. The van der Waals surface area contributed by atoms with E-state index in [0.29, 0.717) is 10.6 Å². The highest BCUT2D eigenvalue weighted by molar-refractivity contribution is 7.17. The smallest absolute Gasteiger partial charge is 0.314 e. The molecule has 0 saturated carbocycles. The molecule has 21 heavy (non-hydrogen) atoms. The van der Waals surface area contributed by atoms with Crippen LogP contribution in [0.1, 0.15) is 34.1 Å². The summed E-state index contributed by atoms with van der Waals surface area (Å²) in [5, 5.41) is 14.1. The van der Waals surface area contributed by atoms with E-state index in [0.717, 1.165) is 29.7 Å². The van der Waals surface area contributed by atoms with Gasteiger partial charge in [0.2, 0.25) is 0 Å². The van der Waals surface area contributed by atoms with Crippen LogP contribution in [0, 0.1) is 0 Å². The van der Waals surface area contributed by atoms with Crippen molar-refractivity contribution in [1.82, 2.24) is 5.32 Å². The van der Waals surface area contributed by atoms with Gasteiger partial charge in [-0.2, -0.15) is 0 Å². The number of thiophene rings is 1. The molecule has 1 heterocycles. The van der Waals surface area contributed by atoms with Crippen molar-refractivity contribution < 1.29 is 19.5 Å². The molecule has 0 aliphatic heterocycles. The van der Waals surface area contributed by atoms with Crippen molar-refractivity contribution in [1.29, 1.82) is 0 Å². The number of amides is 3. The van der Waals surface area contributed by atoms with Crippen LogP contribution >= 0.6 is 11.3 Å². The Morgan fingerprint density at radius 3 is 2.67 bits per heavy atom. The van der Waals surface area contributed by atoms with E-state index in [2.05, 4.69) is 10.6 Å². The van der Waals surface area contributed by atoms with Crippen LogP contribution in [0.3, 0.4) is 0 Å². The molecule has 0 aromatic carbocycles. The first-order valence-corrected chi connectivity index (χ1v) is 7.43. The van der Waals surface area contributed by atoms with Crippen molar-refractivity contribution in [3.05, 3.63) is 16.0 Å². The van der Waals surface area contributed by atoms with Crippen LogP contribution < -0.4 is 16.4 Å². The molecule has 1 aliphatic carbocycles. The lowest BCUT2D eigenvalue weighted by Gasteiger charge is -2.08. The molecule has 0 radical (unpaired) electrons. The van der Waals surface area contributed by atoms with Gasteiger partial charge in [-0.1, -0.05) is 0 Å². The number of aliphatic hydroxyl groups excluding tert-OH is 1. The maximum atomic E-state index is 11.8. The summed E-state index contributed by atoms with van der Waals surface area (Å²) >= 11 is 1.28. The van der Waals surface area contributed by atoms with Crippen LogP contribution in [0.15, 0.2) is 0 Å². The lowest BCUT2D eigenvalue weighted by atomic mass is 10.1. The molecular weight excluding hydrogens is 294 g/mol. The zero-order valence-corrected chi connectivity index (χ0v) is 12.4. The quantitative estimate of drug-likeness (QED) is 0.574. The van der Waals surface area contributed by atoms with Crippen molar-refractivity contribution in [2.45, 2.75) is 32.3 Å². The van der Waals surface area contributed by atoms with Gasteiger partial charge in [0, 0.05) is 11.4 Å². The number of primary amides is 1. The Kier molecular flexibility index (Phi) is 4.59. The average molecular weight is 311 g/mol. The molecule has 0 spiro atoms. The van der Waals surface area contributed by atoms with E-state index in [4.69, 9.17) is 10.8 Å². The zero-order valence-electron chi connectivity index (χ0n) is 11.6. The summed E-state index contributed by atoms with van der Waals surface area (Å²) < 4.78 is 0. The van der Waals surface area contributed by atoms with Gasteiger partial charge < -0.3 is 21.5 Å². The number of hydrogen-bond donors (Lipinski definition) is 4. The maximum Gasteiger partial charge on any atom is 0.314 e. The normalized spacial score (nSPS) is 14.4. The highest BCUT2D eigenvalue weighted by Crippen LogP contribution is 2.38. The third-order valence-corrected chi connectivity index (χ3v) is 4.37. The van der Waals surface area contributed by atoms with Gasteiger partial charge in [0.05, 0.1) is 11.7 Å². The van der Waals surface area contributed by atoms with E-state index in [-0.39, 0.29) is 6.54 Å². The monoisotopic (exact) mass is 311 g/mol. The molecule has 0 unspecified atom stereocenters. The van der Waals surface area contributed by atoms with Gasteiger partial charge >= 0.3 is 11.8 Å². The number of nitrogens with one attached hydrogen (secondary N) is 2. The molecule has 114 valence electrons. The van der Waals surface area contributed by atoms with Crippen LogP contribution in [0.5, 0.6) is 0 Å². The second-order valence-electron chi connectivity index (χ2n) is 4.94. The first-order valence-electron chi connectivity index (χ1n) is 6.61. The molecule has 1 atom stereocenters. The SMILES string of the molecule is C[C@@H](O)CNC(=O)C(=O)Nc1sc2c(c1C(N)=O)CCC2. The number of anilines is 1. The van der Waals surface area contributed by atoms with E-state index in [1.807, 2.05) is 0 Å². The van der Waals surface area contributed by atoms with E-state index in [1.165, 1.54) is 18.3 Å². The van der Waals surface area contributed by atoms with Gasteiger partial charge in [0.1, 0.15) is 5.00 Å². The minimum absolute atomic E-state index is 0.0180. The van der Waals surface area contributed by atoms with Crippen molar-refractivity contribution in [2.75, 3.05) is 11.9 Å². The predicted molar refractivity (Wildman–Crippen MR) is 78.2 cm³/mol. The molecule has 8 heteroatoms. The molecule has 0 bridgehead atoms. The van der Waals surface area contributed by atoms with E-state index in [1.54, 1.807) is 0 Å². The highest BCUT2D eigenvalue weighted by atomic mass is 32.1. The fraction of sp³-hybridized carbons (Fsp3) is 0.462. The van der Waals surface area contributed by atoms with E-state index in [9.17, 15) is 14.4 Å². The Labute approximate surface area is 125 Å². The number of hydrogen-bond acceptors (Lipinski definition) is 5. The highest BCUT2D eigenvalue weighted by Gasteiger charge is 2.27. The minimum Gasteiger partial charge on any atom is -0.392 e. The molecule has 7 nitrogen and oxygen atoms in total. The molecule has 1 aromatic heterocycles. The van der Waals surface area contributed by atoms with Crippen LogP contribution in [0.2, 0.25) is 0 Å². The minimum atomic E-state index is -0.877. The van der Waals surface area contributed by atoms with Gasteiger partial charge in [0.15, 0.2) is 0 Å². The molecule has 0 fully saturated rings. The van der Waals surface area contributed by atoms with Gasteiger partial charge in [-0.15, -0.1) is 11.3 Å². The average Bonchev–Trinajstić information content (AvgIpc) is 2.95. The van der Waals surface area contributed by atoms with Crippen molar-refractivity contribution in [3.63, 3.8) is 0 Å². The van der Waals surface area contributed by atoms with Crippen molar-refractivity contribution in [3.8, 4) is 0 Å². The van der Waals surface area contributed by atoms with Crippen molar-refractivity contribution in [2.24, 2.45) is 5.73 Å². The molecule has 1 aliphatic rings. The number of carbonyl (C=O) groups excluding carboxylic acids is 3. The number of nitrogens with two attached hydrogens (primary N) is 1. The molecule has 0 saturated heterocycles.